The van der Waals surface area contributed by atoms with Crippen molar-refractivity contribution in [3.8, 4) is 0 Å². The molecule has 1 aliphatic heterocycles. The van der Waals surface area contributed by atoms with Crippen molar-refractivity contribution in [3.05, 3.63) is 66.7 Å². The smallest absolute Gasteiger partial charge is 0.0746 e. The van der Waals surface area contributed by atoms with Crippen molar-refractivity contribution in [1.29, 1.82) is 0 Å². The Kier molecular flexibility index (Phi) is 6.17. The predicted molar refractivity (Wildman–Crippen MR) is 124 cm³/mol. The lowest BCUT2D eigenvalue weighted by molar-refractivity contribution is 0.253. The molecule has 0 radical (unpaired) electrons. The van der Waals surface area contributed by atoms with Gasteiger partial charge in [-0.05, 0) is 43.0 Å². The van der Waals surface area contributed by atoms with E-state index in [1.807, 2.05) is 24.3 Å². The third kappa shape index (κ3) is 4.63. The van der Waals surface area contributed by atoms with Crippen molar-refractivity contribution in [2.45, 2.75) is 12.8 Å². The fraction of sp³-hybridized carbons (Fsp3) is 0.333. The zero-order valence-corrected chi connectivity index (χ0v) is 17.0. The summed E-state index contributed by atoms with van der Waals surface area (Å²) in [6.07, 6.45) is 2.21. The summed E-state index contributed by atoms with van der Waals surface area (Å²) in [6.45, 7) is 6.34. The molecule has 0 atom stereocenters. The SMILES string of the molecule is Nc1ccccc1N(N)CCCCN1CCN(c2cccc3ccccc23)CC1. The van der Waals surface area contributed by atoms with Gasteiger partial charge in [-0.15, -0.1) is 0 Å². The lowest BCUT2D eigenvalue weighted by atomic mass is 10.1. The zero-order chi connectivity index (χ0) is 20.1. The van der Waals surface area contributed by atoms with Crippen molar-refractivity contribution in [3.63, 3.8) is 0 Å². The molecular formula is C24H31N5. The highest BCUT2D eigenvalue weighted by Crippen LogP contribution is 2.27. The highest BCUT2D eigenvalue weighted by molar-refractivity contribution is 5.94. The Morgan fingerprint density at radius 3 is 2.34 bits per heavy atom. The number of piperazine rings is 1. The maximum absolute atomic E-state index is 6.18. The molecule has 1 saturated heterocycles. The number of unbranched alkanes of at least 4 members (excludes halogenated alkanes) is 1. The van der Waals surface area contributed by atoms with Crippen LogP contribution in [0.25, 0.3) is 10.8 Å². The van der Waals surface area contributed by atoms with Gasteiger partial charge in [0, 0.05) is 43.8 Å². The molecule has 0 bridgehead atoms. The van der Waals surface area contributed by atoms with E-state index >= 15 is 0 Å². The molecule has 1 fully saturated rings. The van der Waals surface area contributed by atoms with Gasteiger partial charge in [-0.2, -0.15) is 0 Å². The summed E-state index contributed by atoms with van der Waals surface area (Å²) in [5.41, 5.74) is 9.02. The maximum atomic E-state index is 6.18. The Balaban J connectivity index is 1.23. The van der Waals surface area contributed by atoms with Crippen LogP contribution in [0, 0.1) is 0 Å². The molecular weight excluding hydrogens is 358 g/mol. The lowest BCUT2D eigenvalue weighted by Crippen LogP contribution is -2.46. The summed E-state index contributed by atoms with van der Waals surface area (Å²) in [7, 11) is 0. The molecule has 0 aromatic heterocycles. The molecule has 0 saturated carbocycles. The highest BCUT2D eigenvalue weighted by atomic mass is 15.4. The Morgan fingerprint density at radius 1 is 0.793 bits per heavy atom. The fourth-order valence-electron chi connectivity index (χ4n) is 4.18. The standard InChI is InChI=1S/C24H31N5/c25-22-11-3-4-12-24(22)29(26)15-6-5-14-27-16-18-28(19-17-27)23-13-7-9-20-8-1-2-10-21(20)23/h1-4,7-13H,5-6,14-19,25-26H2. The number of hydrazine groups is 1. The number of fused-ring (bicyclic) bond motifs is 1. The number of nitrogens with zero attached hydrogens (tertiary/aromatic N) is 3. The van der Waals surface area contributed by atoms with Crippen molar-refractivity contribution in [2.24, 2.45) is 5.84 Å². The van der Waals surface area contributed by atoms with E-state index in [2.05, 4.69) is 52.3 Å². The predicted octanol–water partition coefficient (Wildman–Crippen LogP) is 3.70. The van der Waals surface area contributed by atoms with Gasteiger partial charge in [0.15, 0.2) is 0 Å². The second-order valence-corrected chi connectivity index (χ2v) is 7.79. The zero-order valence-electron chi connectivity index (χ0n) is 17.0. The van der Waals surface area contributed by atoms with E-state index in [0.717, 1.165) is 63.5 Å². The molecule has 0 amide bonds. The number of nitrogen functional groups attached to an aromatic ring is 1. The van der Waals surface area contributed by atoms with Crippen LogP contribution in [0.5, 0.6) is 0 Å². The van der Waals surface area contributed by atoms with Gasteiger partial charge >= 0.3 is 0 Å². The van der Waals surface area contributed by atoms with Gasteiger partial charge in [-0.1, -0.05) is 48.5 Å². The fourth-order valence-corrected chi connectivity index (χ4v) is 4.18. The van der Waals surface area contributed by atoms with E-state index in [1.165, 1.54) is 16.5 Å². The van der Waals surface area contributed by atoms with Crippen molar-refractivity contribution < 1.29 is 0 Å². The first-order valence-electron chi connectivity index (χ1n) is 10.5. The molecule has 1 heterocycles. The van der Waals surface area contributed by atoms with Crippen LogP contribution in [-0.2, 0) is 0 Å². The van der Waals surface area contributed by atoms with Gasteiger partial charge in [0.1, 0.15) is 0 Å². The van der Waals surface area contributed by atoms with Crippen LogP contribution in [0.1, 0.15) is 12.8 Å². The molecule has 29 heavy (non-hydrogen) atoms. The summed E-state index contributed by atoms with van der Waals surface area (Å²) < 4.78 is 0. The second kappa shape index (κ2) is 9.16. The molecule has 5 nitrogen and oxygen atoms in total. The van der Waals surface area contributed by atoms with E-state index in [-0.39, 0.29) is 0 Å². The Labute approximate surface area is 173 Å². The number of benzene rings is 3. The highest BCUT2D eigenvalue weighted by Gasteiger charge is 2.18. The number of anilines is 3. The van der Waals surface area contributed by atoms with E-state index in [4.69, 9.17) is 11.6 Å². The third-order valence-corrected chi connectivity index (χ3v) is 5.85. The van der Waals surface area contributed by atoms with Crippen LogP contribution in [-0.4, -0.2) is 44.2 Å². The van der Waals surface area contributed by atoms with E-state index < -0.39 is 0 Å². The van der Waals surface area contributed by atoms with E-state index in [1.54, 1.807) is 5.01 Å². The number of rotatable bonds is 7. The molecule has 1 aliphatic rings. The van der Waals surface area contributed by atoms with E-state index in [0.29, 0.717) is 0 Å². The molecule has 152 valence electrons. The Hall–Kier alpha value is -2.76. The molecule has 0 aliphatic carbocycles. The maximum Gasteiger partial charge on any atom is 0.0746 e. The van der Waals surface area contributed by atoms with Gasteiger partial charge in [-0.3, -0.25) is 4.90 Å². The van der Waals surface area contributed by atoms with E-state index in [9.17, 15) is 0 Å². The van der Waals surface area contributed by atoms with Crippen molar-refractivity contribution >= 4 is 27.8 Å². The molecule has 5 heteroatoms. The van der Waals surface area contributed by atoms with Gasteiger partial charge in [0.05, 0.1) is 11.4 Å². The van der Waals surface area contributed by atoms with Gasteiger partial charge < -0.3 is 15.6 Å². The van der Waals surface area contributed by atoms with Crippen LogP contribution in [0.4, 0.5) is 17.1 Å². The molecule has 4 N–H and O–H groups in total. The summed E-state index contributed by atoms with van der Waals surface area (Å²) in [6, 6.07) is 23.1. The summed E-state index contributed by atoms with van der Waals surface area (Å²) in [5, 5.41) is 4.44. The van der Waals surface area contributed by atoms with Crippen LogP contribution < -0.4 is 21.5 Å². The number of para-hydroxylation sites is 2. The first-order valence-corrected chi connectivity index (χ1v) is 10.5. The molecule has 4 rings (SSSR count). The minimum Gasteiger partial charge on any atom is -0.397 e. The minimum atomic E-state index is 0.736. The first-order chi connectivity index (χ1) is 14.2. The largest absolute Gasteiger partial charge is 0.397 e. The first kappa shape index (κ1) is 19.6. The van der Waals surface area contributed by atoms with Crippen LogP contribution in [0.3, 0.4) is 0 Å². The van der Waals surface area contributed by atoms with Gasteiger partial charge in [0.2, 0.25) is 0 Å². The van der Waals surface area contributed by atoms with Gasteiger partial charge in [0.25, 0.3) is 0 Å². The monoisotopic (exact) mass is 389 g/mol. The topological polar surface area (TPSA) is 61.8 Å². The molecule has 0 unspecified atom stereocenters. The van der Waals surface area contributed by atoms with Crippen molar-refractivity contribution in [1.82, 2.24) is 4.90 Å². The number of hydrogen-bond acceptors (Lipinski definition) is 5. The summed E-state index contributed by atoms with van der Waals surface area (Å²) in [5.74, 6) is 6.18. The number of hydrogen-bond donors (Lipinski definition) is 2. The quantitative estimate of drug-likeness (QED) is 0.279. The second-order valence-electron chi connectivity index (χ2n) is 7.79. The number of nitrogens with two attached hydrogens (primary N) is 2. The van der Waals surface area contributed by atoms with Crippen LogP contribution >= 0.6 is 0 Å². The molecule has 3 aromatic carbocycles. The molecule has 0 spiro atoms. The Morgan fingerprint density at radius 2 is 1.52 bits per heavy atom. The lowest BCUT2D eigenvalue weighted by Gasteiger charge is -2.36. The average molecular weight is 390 g/mol. The normalized spacial score (nSPS) is 15.0. The van der Waals surface area contributed by atoms with Crippen LogP contribution in [0.2, 0.25) is 0 Å². The molecule has 3 aromatic rings. The van der Waals surface area contributed by atoms with Crippen LogP contribution in [0.15, 0.2) is 66.7 Å². The summed E-state index contributed by atoms with van der Waals surface area (Å²) >= 11 is 0. The average Bonchev–Trinajstić information content (AvgIpc) is 2.77. The minimum absolute atomic E-state index is 0.736. The van der Waals surface area contributed by atoms with Crippen molar-refractivity contribution in [2.75, 3.05) is 54.9 Å². The summed E-state index contributed by atoms with van der Waals surface area (Å²) in [4.78, 5) is 5.10. The Bertz CT molecular complexity index is 928. The van der Waals surface area contributed by atoms with Gasteiger partial charge in [-0.25, -0.2) is 5.84 Å². The third-order valence-electron chi connectivity index (χ3n) is 5.85.